The Bertz CT molecular complexity index is 347. The summed E-state index contributed by atoms with van der Waals surface area (Å²) in [6.45, 7) is 6.56. The zero-order valence-electron chi connectivity index (χ0n) is 11.5. The standard InChI is InChI=1S/C15H25NO/c1-11(2)6-5-7-14(16)13-8-9-15(17-4)12(3)10-13/h8-11,14H,5-7,16H2,1-4H3. The fraction of sp³-hybridized carbons (Fsp3) is 0.600. The number of hydrogen-bond acceptors (Lipinski definition) is 2. The van der Waals surface area contributed by atoms with Gasteiger partial charge in [0.15, 0.2) is 0 Å². The average molecular weight is 235 g/mol. The van der Waals surface area contributed by atoms with Crippen molar-refractivity contribution in [1.29, 1.82) is 0 Å². The minimum Gasteiger partial charge on any atom is -0.496 e. The molecule has 2 heteroatoms. The van der Waals surface area contributed by atoms with Crippen LogP contribution in [0.5, 0.6) is 5.75 Å². The summed E-state index contributed by atoms with van der Waals surface area (Å²) in [7, 11) is 1.70. The van der Waals surface area contributed by atoms with Crippen LogP contribution in [0.4, 0.5) is 0 Å². The maximum absolute atomic E-state index is 6.20. The van der Waals surface area contributed by atoms with Crippen molar-refractivity contribution in [3.05, 3.63) is 29.3 Å². The van der Waals surface area contributed by atoms with Gasteiger partial charge in [0.25, 0.3) is 0 Å². The zero-order valence-corrected chi connectivity index (χ0v) is 11.5. The van der Waals surface area contributed by atoms with Gasteiger partial charge in [0.2, 0.25) is 0 Å². The van der Waals surface area contributed by atoms with Crippen LogP contribution in [0.3, 0.4) is 0 Å². The van der Waals surface area contributed by atoms with Crippen LogP contribution in [0.25, 0.3) is 0 Å². The predicted molar refractivity (Wildman–Crippen MR) is 73.3 cm³/mol. The Morgan fingerprint density at radius 1 is 1.24 bits per heavy atom. The summed E-state index contributed by atoms with van der Waals surface area (Å²) in [6.07, 6.45) is 3.51. The highest BCUT2D eigenvalue weighted by atomic mass is 16.5. The normalized spacial score (nSPS) is 12.8. The Morgan fingerprint density at radius 2 is 1.94 bits per heavy atom. The van der Waals surface area contributed by atoms with Crippen LogP contribution in [0.2, 0.25) is 0 Å². The molecule has 0 aliphatic rings. The number of aryl methyl sites for hydroxylation is 1. The number of benzene rings is 1. The third-order valence-electron chi connectivity index (χ3n) is 3.14. The van der Waals surface area contributed by atoms with Gasteiger partial charge in [0.1, 0.15) is 5.75 Å². The van der Waals surface area contributed by atoms with Crippen LogP contribution in [0.1, 0.15) is 50.3 Å². The van der Waals surface area contributed by atoms with Gasteiger partial charge < -0.3 is 10.5 Å². The quantitative estimate of drug-likeness (QED) is 0.813. The van der Waals surface area contributed by atoms with E-state index in [4.69, 9.17) is 10.5 Å². The van der Waals surface area contributed by atoms with E-state index < -0.39 is 0 Å². The highest BCUT2D eigenvalue weighted by molar-refractivity contribution is 5.37. The van der Waals surface area contributed by atoms with Crippen molar-refractivity contribution in [2.75, 3.05) is 7.11 Å². The number of ether oxygens (including phenoxy) is 1. The van der Waals surface area contributed by atoms with E-state index in [0.29, 0.717) is 0 Å². The molecule has 1 rings (SSSR count). The number of rotatable bonds is 6. The molecular weight excluding hydrogens is 210 g/mol. The van der Waals surface area contributed by atoms with Gasteiger partial charge in [-0.05, 0) is 36.5 Å². The molecule has 0 aromatic heterocycles. The number of methoxy groups -OCH3 is 1. The van der Waals surface area contributed by atoms with Gasteiger partial charge in [-0.1, -0.05) is 38.8 Å². The van der Waals surface area contributed by atoms with Gasteiger partial charge in [-0.3, -0.25) is 0 Å². The minimum atomic E-state index is 0.151. The monoisotopic (exact) mass is 235 g/mol. The first-order valence-corrected chi connectivity index (χ1v) is 6.44. The van der Waals surface area contributed by atoms with Crippen LogP contribution >= 0.6 is 0 Å². The lowest BCUT2D eigenvalue weighted by Crippen LogP contribution is -2.10. The zero-order chi connectivity index (χ0) is 12.8. The van der Waals surface area contributed by atoms with Crippen molar-refractivity contribution in [3.63, 3.8) is 0 Å². The van der Waals surface area contributed by atoms with Gasteiger partial charge in [-0.2, -0.15) is 0 Å². The van der Waals surface area contributed by atoms with E-state index in [1.807, 2.05) is 6.07 Å². The average Bonchev–Trinajstić information content (AvgIpc) is 2.28. The van der Waals surface area contributed by atoms with Crippen LogP contribution < -0.4 is 10.5 Å². The maximum Gasteiger partial charge on any atom is 0.121 e. The molecule has 0 aliphatic heterocycles. The molecule has 0 radical (unpaired) electrons. The van der Waals surface area contributed by atoms with E-state index in [-0.39, 0.29) is 6.04 Å². The lowest BCUT2D eigenvalue weighted by atomic mass is 9.97. The van der Waals surface area contributed by atoms with Crippen molar-refractivity contribution in [1.82, 2.24) is 0 Å². The molecule has 1 aromatic rings. The van der Waals surface area contributed by atoms with Crippen molar-refractivity contribution in [2.24, 2.45) is 11.7 Å². The van der Waals surface area contributed by atoms with Crippen molar-refractivity contribution in [3.8, 4) is 5.75 Å². The van der Waals surface area contributed by atoms with E-state index in [1.54, 1.807) is 7.11 Å². The van der Waals surface area contributed by atoms with E-state index in [0.717, 1.165) is 23.7 Å². The van der Waals surface area contributed by atoms with Gasteiger partial charge in [0, 0.05) is 6.04 Å². The summed E-state index contributed by atoms with van der Waals surface area (Å²) < 4.78 is 5.25. The summed E-state index contributed by atoms with van der Waals surface area (Å²) in [5.74, 6) is 1.70. The molecule has 17 heavy (non-hydrogen) atoms. The summed E-state index contributed by atoms with van der Waals surface area (Å²) in [6, 6.07) is 6.37. The Morgan fingerprint density at radius 3 is 2.47 bits per heavy atom. The first kappa shape index (κ1) is 14.0. The van der Waals surface area contributed by atoms with Gasteiger partial charge in [0.05, 0.1) is 7.11 Å². The molecule has 0 fully saturated rings. The van der Waals surface area contributed by atoms with Crippen LogP contribution in [0, 0.1) is 12.8 Å². The van der Waals surface area contributed by atoms with E-state index in [2.05, 4.69) is 32.9 Å². The summed E-state index contributed by atoms with van der Waals surface area (Å²) in [5, 5.41) is 0. The molecule has 0 saturated carbocycles. The van der Waals surface area contributed by atoms with Crippen molar-refractivity contribution in [2.45, 2.75) is 46.1 Å². The van der Waals surface area contributed by atoms with E-state index >= 15 is 0 Å². The molecule has 0 aliphatic carbocycles. The molecule has 0 saturated heterocycles. The topological polar surface area (TPSA) is 35.2 Å². The van der Waals surface area contributed by atoms with Crippen LogP contribution in [-0.2, 0) is 0 Å². The summed E-state index contributed by atoms with van der Waals surface area (Å²) in [4.78, 5) is 0. The molecule has 0 spiro atoms. The second-order valence-corrected chi connectivity index (χ2v) is 5.16. The molecule has 1 aromatic carbocycles. The molecule has 1 unspecified atom stereocenters. The molecule has 2 N–H and O–H groups in total. The van der Waals surface area contributed by atoms with E-state index in [9.17, 15) is 0 Å². The Kier molecular flexibility index (Phi) is 5.49. The Labute approximate surface area is 105 Å². The van der Waals surface area contributed by atoms with Crippen LogP contribution in [-0.4, -0.2) is 7.11 Å². The first-order chi connectivity index (χ1) is 8.04. The highest BCUT2D eigenvalue weighted by Crippen LogP contribution is 2.24. The summed E-state index contributed by atoms with van der Waals surface area (Å²) in [5.41, 5.74) is 8.57. The fourth-order valence-corrected chi connectivity index (χ4v) is 2.04. The fourth-order valence-electron chi connectivity index (χ4n) is 2.04. The third kappa shape index (κ3) is 4.39. The first-order valence-electron chi connectivity index (χ1n) is 6.44. The van der Waals surface area contributed by atoms with Crippen molar-refractivity contribution >= 4 is 0 Å². The molecule has 0 amide bonds. The second-order valence-electron chi connectivity index (χ2n) is 5.16. The maximum atomic E-state index is 6.20. The van der Waals surface area contributed by atoms with Gasteiger partial charge in [-0.25, -0.2) is 0 Å². The lowest BCUT2D eigenvalue weighted by molar-refractivity contribution is 0.411. The Balaban J connectivity index is 2.57. The third-order valence-corrected chi connectivity index (χ3v) is 3.14. The molecule has 1 atom stereocenters. The van der Waals surface area contributed by atoms with Crippen molar-refractivity contribution < 1.29 is 4.74 Å². The largest absolute Gasteiger partial charge is 0.496 e. The molecule has 0 heterocycles. The SMILES string of the molecule is COc1ccc(C(N)CCCC(C)C)cc1C. The molecule has 96 valence electrons. The molecular formula is C15H25NO. The highest BCUT2D eigenvalue weighted by Gasteiger charge is 2.08. The second kappa shape index (κ2) is 6.65. The number of nitrogens with two attached hydrogens (primary N) is 1. The number of hydrogen-bond donors (Lipinski definition) is 1. The Hall–Kier alpha value is -1.02. The predicted octanol–water partition coefficient (Wildman–Crippen LogP) is 3.83. The smallest absolute Gasteiger partial charge is 0.121 e. The molecule has 2 nitrogen and oxygen atoms in total. The minimum absolute atomic E-state index is 0.151. The summed E-state index contributed by atoms with van der Waals surface area (Å²) >= 11 is 0. The van der Waals surface area contributed by atoms with E-state index in [1.165, 1.54) is 18.4 Å². The molecule has 0 bridgehead atoms. The lowest BCUT2D eigenvalue weighted by Gasteiger charge is -2.14. The van der Waals surface area contributed by atoms with Crippen LogP contribution in [0.15, 0.2) is 18.2 Å². The van der Waals surface area contributed by atoms with Gasteiger partial charge >= 0.3 is 0 Å². The van der Waals surface area contributed by atoms with Gasteiger partial charge in [-0.15, -0.1) is 0 Å².